The minimum atomic E-state index is -0.0939. The molecule has 0 atom stereocenters. The number of aryl methyl sites for hydroxylation is 1. The molecule has 0 bridgehead atoms. The Balaban J connectivity index is 1.55. The number of nitrogens with one attached hydrogen (secondary N) is 1. The second kappa shape index (κ2) is 10.2. The molecule has 0 saturated carbocycles. The second-order valence-corrected chi connectivity index (χ2v) is 6.41. The zero-order chi connectivity index (χ0) is 16.3. The maximum Gasteiger partial charge on any atom is 0.252 e. The highest BCUT2D eigenvalue weighted by Crippen LogP contribution is 2.12. The van der Waals surface area contributed by atoms with E-state index in [0.717, 1.165) is 18.5 Å². The van der Waals surface area contributed by atoms with E-state index in [1.807, 2.05) is 0 Å². The zero-order valence-corrected chi connectivity index (χ0v) is 14.4. The number of hydrogen-bond acceptors (Lipinski definition) is 3. The summed E-state index contributed by atoms with van der Waals surface area (Å²) in [5.41, 5.74) is 0.862. The maximum absolute atomic E-state index is 11.6. The number of rotatable bonds is 12. The molecule has 0 saturated heterocycles. The molecule has 5 heteroatoms. The summed E-state index contributed by atoms with van der Waals surface area (Å²) in [6.07, 6.45) is 17.0. The highest BCUT2D eigenvalue weighted by atomic mass is 16.1. The Labute approximate surface area is 138 Å². The van der Waals surface area contributed by atoms with Crippen molar-refractivity contribution in [1.82, 2.24) is 19.6 Å². The number of nitrogens with zero attached hydrogens (tertiary/aromatic N) is 3. The SMILES string of the molecule is CCCCCCCCCCCCCc1cc(=O)[nH]c2ncnn12. The van der Waals surface area contributed by atoms with Gasteiger partial charge in [-0.3, -0.25) is 9.78 Å². The average Bonchev–Trinajstić information content (AvgIpc) is 3.00. The lowest BCUT2D eigenvalue weighted by Gasteiger charge is -2.04. The standard InChI is InChI=1S/C18H30N4O/c1-2-3-4-5-6-7-8-9-10-11-12-13-16-14-17(23)21-18-19-15-20-22(16)18/h14-15H,2-13H2,1H3,(H,19,20,21,23). The van der Waals surface area contributed by atoms with Crippen molar-refractivity contribution in [3.05, 3.63) is 28.4 Å². The van der Waals surface area contributed by atoms with Crippen LogP contribution >= 0.6 is 0 Å². The molecule has 23 heavy (non-hydrogen) atoms. The number of aromatic nitrogens is 4. The Morgan fingerprint density at radius 1 is 0.957 bits per heavy atom. The number of aromatic amines is 1. The van der Waals surface area contributed by atoms with Gasteiger partial charge in [-0.2, -0.15) is 10.1 Å². The molecule has 2 heterocycles. The van der Waals surface area contributed by atoms with Crippen LogP contribution in [0.2, 0.25) is 0 Å². The van der Waals surface area contributed by atoms with Gasteiger partial charge in [0.1, 0.15) is 6.33 Å². The fraction of sp³-hybridized carbons (Fsp3) is 0.722. The molecule has 0 aliphatic rings. The summed E-state index contributed by atoms with van der Waals surface area (Å²) in [4.78, 5) is 18.3. The van der Waals surface area contributed by atoms with Gasteiger partial charge in [0, 0.05) is 6.07 Å². The Bertz CT molecular complexity index is 617. The molecule has 0 unspecified atom stereocenters. The first kappa shape index (κ1) is 17.7. The second-order valence-electron chi connectivity index (χ2n) is 6.41. The Hall–Kier alpha value is -1.65. The van der Waals surface area contributed by atoms with Gasteiger partial charge in [0.05, 0.1) is 5.69 Å². The lowest BCUT2D eigenvalue weighted by atomic mass is 10.0. The normalized spacial score (nSPS) is 11.3. The van der Waals surface area contributed by atoms with E-state index in [-0.39, 0.29) is 5.56 Å². The van der Waals surface area contributed by atoms with Crippen molar-refractivity contribution >= 4 is 5.78 Å². The van der Waals surface area contributed by atoms with Crippen LogP contribution in [0.4, 0.5) is 0 Å². The van der Waals surface area contributed by atoms with E-state index in [4.69, 9.17) is 0 Å². The highest BCUT2D eigenvalue weighted by Gasteiger charge is 2.04. The molecule has 2 aromatic heterocycles. The van der Waals surface area contributed by atoms with Gasteiger partial charge >= 0.3 is 0 Å². The molecular weight excluding hydrogens is 288 g/mol. The van der Waals surface area contributed by atoms with Crippen LogP contribution in [0, 0.1) is 0 Å². The lowest BCUT2D eigenvalue weighted by molar-refractivity contribution is 0.548. The maximum atomic E-state index is 11.6. The van der Waals surface area contributed by atoms with Gasteiger partial charge in [0.25, 0.3) is 5.56 Å². The number of unbranched alkanes of at least 4 members (excludes halogenated alkanes) is 10. The van der Waals surface area contributed by atoms with Crippen molar-refractivity contribution in [2.24, 2.45) is 0 Å². The molecule has 0 aliphatic heterocycles. The van der Waals surface area contributed by atoms with Crippen molar-refractivity contribution < 1.29 is 0 Å². The van der Waals surface area contributed by atoms with E-state index in [1.54, 1.807) is 10.6 Å². The monoisotopic (exact) mass is 318 g/mol. The van der Waals surface area contributed by atoms with Crippen LogP contribution in [0.5, 0.6) is 0 Å². The first-order valence-electron chi connectivity index (χ1n) is 9.23. The van der Waals surface area contributed by atoms with Gasteiger partial charge in [-0.1, -0.05) is 71.1 Å². The van der Waals surface area contributed by atoms with Crippen LogP contribution in [0.3, 0.4) is 0 Å². The third-order valence-electron chi connectivity index (χ3n) is 4.39. The van der Waals surface area contributed by atoms with Crippen LogP contribution in [0.25, 0.3) is 5.78 Å². The van der Waals surface area contributed by atoms with Crippen molar-refractivity contribution in [2.45, 2.75) is 84.0 Å². The van der Waals surface area contributed by atoms with Crippen LogP contribution in [0.1, 0.15) is 83.2 Å². The molecule has 5 nitrogen and oxygen atoms in total. The first-order chi connectivity index (χ1) is 11.3. The fourth-order valence-corrected chi connectivity index (χ4v) is 3.04. The van der Waals surface area contributed by atoms with Crippen LogP contribution in [0.15, 0.2) is 17.2 Å². The lowest BCUT2D eigenvalue weighted by Crippen LogP contribution is -2.12. The molecule has 2 aromatic rings. The first-order valence-corrected chi connectivity index (χ1v) is 9.23. The summed E-state index contributed by atoms with van der Waals surface area (Å²) in [6.45, 7) is 2.26. The fourth-order valence-electron chi connectivity index (χ4n) is 3.04. The van der Waals surface area contributed by atoms with Crippen molar-refractivity contribution in [2.75, 3.05) is 0 Å². The predicted molar refractivity (Wildman–Crippen MR) is 93.8 cm³/mol. The van der Waals surface area contributed by atoms with Gasteiger partial charge < -0.3 is 0 Å². The molecule has 0 spiro atoms. The minimum absolute atomic E-state index is 0.0939. The molecule has 128 valence electrons. The van der Waals surface area contributed by atoms with E-state index in [9.17, 15) is 4.79 Å². The summed E-state index contributed by atoms with van der Waals surface area (Å²) in [7, 11) is 0. The van der Waals surface area contributed by atoms with Gasteiger partial charge in [0.2, 0.25) is 5.78 Å². The van der Waals surface area contributed by atoms with Gasteiger partial charge in [-0.25, -0.2) is 4.52 Å². The molecular formula is C18H30N4O. The molecule has 2 rings (SSSR count). The minimum Gasteiger partial charge on any atom is -0.291 e. The Kier molecular flexibility index (Phi) is 7.84. The Morgan fingerprint density at radius 2 is 1.57 bits per heavy atom. The zero-order valence-electron chi connectivity index (χ0n) is 14.4. The van der Waals surface area contributed by atoms with Gasteiger partial charge in [-0.05, 0) is 12.8 Å². The predicted octanol–water partition coefficient (Wildman–Crippen LogP) is 4.27. The molecule has 0 amide bonds. The molecule has 1 N–H and O–H groups in total. The molecule has 0 radical (unpaired) electrons. The van der Waals surface area contributed by atoms with Crippen LogP contribution in [-0.2, 0) is 6.42 Å². The summed E-state index contributed by atoms with van der Waals surface area (Å²) >= 11 is 0. The number of hydrogen-bond donors (Lipinski definition) is 1. The van der Waals surface area contributed by atoms with E-state index >= 15 is 0 Å². The van der Waals surface area contributed by atoms with Crippen molar-refractivity contribution in [3.8, 4) is 0 Å². The molecule has 0 fully saturated rings. The third kappa shape index (κ3) is 6.16. The van der Waals surface area contributed by atoms with E-state index < -0.39 is 0 Å². The smallest absolute Gasteiger partial charge is 0.252 e. The van der Waals surface area contributed by atoms with E-state index in [0.29, 0.717) is 5.78 Å². The van der Waals surface area contributed by atoms with Gasteiger partial charge in [0.15, 0.2) is 0 Å². The summed E-state index contributed by atoms with van der Waals surface area (Å²) in [6, 6.07) is 1.64. The van der Waals surface area contributed by atoms with Crippen molar-refractivity contribution in [3.63, 3.8) is 0 Å². The van der Waals surface area contributed by atoms with E-state index in [1.165, 1.54) is 70.5 Å². The van der Waals surface area contributed by atoms with Crippen molar-refractivity contribution in [1.29, 1.82) is 0 Å². The van der Waals surface area contributed by atoms with Crippen LogP contribution < -0.4 is 5.56 Å². The number of fused-ring (bicyclic) bond motifs is 1. The molecule has 0 aliphatic carbocycles. The summed E-state index contributed by atoms with van der Waals surface area (Å²) in [5.74, 6) is 0.538. The summed E-state index contributed by atoms with van der Waals surface area (Å²) < 4.78 is 1.73. The quantitative estimate of drug-likeness (QED) is 0.594. The van der Waals surface area contributed by atoms with Gasteiger partial charge in [-0.15, -0.1) is 0 Å². The topological polar surface area (TPSA) is 63.0 Å². The summed E-state index contributed by atoms with van der Waals surface area (Å²) in [5, 5.41) is 4.17. The largest absolute Gasteiger partial charge is 0.291 e. The third-order valence-corrected chi connectivity index (χ3v) is 4.39. The average molecular weight is 318 g/mol. The van der Waals surface area contributed by atoms with E-state index in [2.05, 4.69) is 22.0 Å². The van der Waals surface area contributed by atoms with Crippen LogP contribution in [-0.4, -0.2) is 19.6 Å². The number of H-pyrrole nitrogens is 1. The molecule has 0 aromatic carbocycles. The highest BCUT2D eigenvalue weighted by molar-refractivity contribution is 5.26. The Morgan fingerprint density at radius 3 is 2.22 bits per heavy atom.